The minimum Gasteiger partial charge on any atom is -0.342 e. The van der Waals surface area contributed by atoms with Crippen molar-refractivity contribution in [2.24, 2.45) is 5.92 Å². The minimum absolute atomic E-state index is 0.103. The van der Waals surface area contributed by atoms with Crippen molar-refractivity contribution < 1.29 is 9.59 Å². The Kier molecular flexibility index (Phi) is 8.27. The van der Waals surface area contributed by atoms with E-state index >= 15 is 0 Å². The van der Waals surface area contributed by atoms with E-state index in [1.807, 2.05) is 75.6 Å². The molecule has 8 heteroatoms. The van der Waals surface area contributed by atoms with Crippen molar-refractivity contribution in [1.82, 2.24) is 20.1 Å². The molecule has 0 aliphatic carbocycles. The summed E-state index contributed by atoms with van der Waals surface area (Å²) in [5, 5.41) is 15.4. The Morgan fingerprint density at radius 1 is 1.03 bits per heavy atom. The molecule has 0 fully saturated rings. The zero-order valence-corrected chi connectivity index (χ0v) is 20.6. The number of rotatable bonds is 9. The molecular formula is C25H31N5O2S. The van der Waals surface area contributed by atoms with Crippen LogP contribution >= 0.6 is 11.8 Å². The number of aromatic nitrogens is 3. The number of thioether (sulfide) groups is 1. The van der Waals surface area contributed by atoms with Crippen molar-refractivity contribution in [2.75, 3.05) is 11.1 Å². The van der Waals surface area contributed by atoms with Gasteiger partial charge in [0.25, 0.3) is 5.91 Å². The molecule has 174 valence electrons. The molecular weight excluding hydrogens is 434 g/mol. The summed E-state index contributed by atoms with van der Waals surface area (Å²) >= 11 is 1.34. The first-order valence-electron chi connectivity index (χ1n) is 11.1. The highest BCUT2D eigenvalue weighted by atomic mass is 32.2. The number of hydrogen-bond donors (Lipinski definition) is 2. The molecule has 3 rings (SSSR count). The lowest BCUT2D eigenvalue weighted by Crippen LogP contribution is -2.33. The third kappa shape index (κ3) is 6.22. The fraction of sp³-hybridized carbons (Fsp3) is 0.360. The lowest BCUT2D eigenvalue weighted by molar-refractivity contribution is -0.113. The van der Waals surface area contributed by atoms with E-state index in [2.05, 4.69) is 20.8 Å². The second-order valence-corrected chi connectivity index (χ2v) is 9.22. The standard InChI is InChI=1S/C25H31N5O2S/c1-6-30-23(22(16(2)3)27-24(32)19-10-8-7-9-11-19)28-29-25(30)33-15-21(31)26-20-13-12-17(4)18(5)14-20/h7-14,16,22H,6,15H2,1-5H3,(H,26,31)(H,27,32)/t22-/m1/s1. The van der Waals surface area contributed by atoms with Gasteiger partial charge in [-0.1, -0.05) is 49.9 Å². The predicted molar refractivity (Wildman–Crippen MR) is 132 cm³/mol. The smallest absolute Gasteiger partial charge is 0.251 e. The molecule has 33 heavy (non-hydrogen) atoms. The van der Waals surface area contributed by atoms with Crippen LogP contribution in [0.25, 0.3) is 0 Å². The summed E-state index contributed by atoms with van der Waals surface area (Å²) in [6.07, 6.45) is 0. The molecule has 2 N–H and O–H groups in total. The van der Waals surface area contributed by atoms with Gasteiger partial charge >= 0.3 is 0 Å². The molecule has 0 aliphatic heterocycles. The molecule has 1 aromatic heterocycles. The fourth-order valence-corrected chi connectivity index (χ4v) is 4.23. The molecule has 0 radical (unpaired) electrons. The molecule has 1 atom stereocenters. The summed E-state index contributed by atoms with van der Waals surface area (Å²) in [6.45, 7) is 10.8. The number of carbonyl (C=O) groups is 2. The lowest BCUT2D eigenvalue weighted by atomic mass is 10.0. The summed E-state index contributed by atoms with van der Waals surface area (Å²) < 4.78 is 1.96. The van der Waals surface area contributed by atoms with Crippen LogP contribution in [-0.2, 0) is 11.3 Å². The quantitative estimate of drug-likeness (QED) is 0.444. The molecule has 0 saturated carbocycles. The largest absolute Gasteiger partial charge is 0.342 e. The van der Waals surface area contributed by atoms with Gasteiger partial charge in [-0.15, -0.1) is 10.2 Å². The Morgan fingerprint density at radius 2 is 1.76 bits per heavy atom. The van der Waals surface area contributed by atoms with E-state index in [0.29, 0.717) is 23.1 Å². The summed E-state index contributed by atoms with van der Waals surface area (Å²) in [5.41, 5.74) is 3.70. The highest BCUT2D eigenvalue weighted by Gasteiger charge is 2.26. The highest BCUT2D eigenvalue weighted by molar-refractivity contribution is 7.99. The summed E-state index contributed by atoms with van der Waals surface area (Å²) in [6, 6.07) is 14.7. The third-order valence-corrected chi connectivity index (χ3v) is 6.42. The number of carbonyl (C=O) groups excluding carboxylic acids is 2. The Hall–Kier alpha value is -3.13. The number of aryl methyl sites for hydroxylation is 2. The molecule has 0 aliphatic rings. The molecule has 3 aromatic rings. The number of hydrogen-bond acceptors (Lipinski definition) is 5. The molecule has 7 nitrogen and oxygen atoms in total. The summed E-state index contributed by atoms with van der Waals surface area (Å²) in [5.74, 6) is 0.760. The van der Waals surface area contributed by atoms with E-state index in [4.69, 9.17) is 0 Å². The number of benzene rings is 2. The third-order valence-electron chi connectivity index (χ3n) is 5.45. The van der Waals surface area contributed by atoms with Crippen molar-refractivity contribution in [1.29, 1.82) is 0 Å². The van der Waals surface area contributed by atoms with Crippen LogP contribution in [0.1, 0.15) is 54.1 Å². The second-order valence-electron chi connectivity index (χ2n) is 8.28. The number of anilines is 1. The van der Waals surface area contributed by atoms with Crippen LogP contribution in [0.5, 0.6) is 0 Å². The lowest BCUT2D eigenvalue weighted by Gasteiger charge is -2.22. The summed E-state index contributed by atoms with van der Waals surface area (Å²) in [7, 11) is 0. The fourth-order valence-electron chi connectivity index (χ4n) is 3.42. The first kappa shape index (κ1) is 24.5. The molecule has 2 amide bonds. The topological polar surface area (TPSA) is 88.9 Å². The van der Waals surface area contributed by atoms with Gasteiger partial charge in [-0.25, -0.2) is 0 Å². The minimum atomic E-state index is -0.302. The van der Waals surface area contributed by atoms with Gasteiger partial charge < -0.3 is 15.2 Å². The van der Waals surface area contributed by atoms with Gasteiger partial charge in [-0.3, -0.25) is 9.59 Å². The average Bonchev–Trinajstić information content (AvgIpc) is 3.21. The van der Waals surface area contributed by atoms with Crippen LogP contribution in [0.15, 0.2) is 53.7 Å². The molecule has 0 unspecified atom stereocenters. The zero-order valence-electron chi connectivity index (χ0n) is 19.8. The highest BCUT2D eigenvalue weighted by Crippen LogP contribution is 2.26. The monoisotopic (exact) mass is 465 g/mol. The van der Waals surface area contributed by atoms with Crippen molar-refractivity contribution in [3.05, 3.63) is 71.0 Å². The second kappa shape index (κ2) is 11.1. The Balaban J connectivity index is 1.70. The van der Waals surface area contributed by atoms with Gasteiger partial charge in [0.15, 0.2) is 11.0 Å². The first-order chi connectivity index (χ1) is 15.8. The van der Waals surface area contributed by atoms with Crippen LogP contribution in [0.4, 0.5) is 5.69 Å². The van der Waals surface area contributed by atoms with E-state index in [0.717, 1.165) is 11.3 Å². The summed E-state index contributed by atoms with van der Waals surface area (Å²) in [4.78, 5) is 25.2. The van der Waals surface area contributed by atoms with Gasteiger partial charge in [0.2, 0.25) is 5.91 Å². The van der Waals surface area contributed by atoms with Gasteiger partial charge in [0, 0.05) is 17.8 Å². The maximum absolute atomic E-state index is 12.7. The maximum Gasteiger partial charge on any atom is 0.251 e. The Labute approximate surface area is 199 Å². The van der Waals surface area contributed by atoms with E-state index < -0.39 is 0 Å². The molecule has 1 heterocycles. The zero-order chi connectivity index (χ0) is 24.0. The van der Waals surface area contributed by atoms with Crippen LogP contribution in [0.2, 0.25) is 0 Å². The Morgan fingerprint density at radius 3 is 2.39 bits per heavy atom. The van der Waals surface area contributed by atoms with E-state index in [1.165, 1.54) is 17.3 Å². The van der Waals surface area contributed by atoms with Crippen LogP contribution < -0.4 is 10.6 Å². The van der Waals surface area contributed by atoms with Crippen molar-refractivity contribution in [3.63, 3.8) is 0 Å². The Bertz CT molecular complexity index is 1110. The maximum atomic E-state index is 12.7. The van der Waals surface area contributed by atoms with Gasteiger partial charge in [0.05, 0.1) is 11.8 Å². The van der Waals surface area contributed by atoms with Crippen molar-refractivity contribution >= 4 is 29.3 Å². The van der Waals surface area contributed by atoms with Crippen molar-refractivity contribution in [3.8, 4) is 0 Å². The van der Waals surface area contributed by atoms with Crippen LogP contribution in [0, 0.1) is 19.8 Å². The number of nitrogens with zero attached hydrogens (tertiary/aromatic N) is 3. The first-order valence-corrected chi connectivity index (χ1v) is 12.1. The van der Waals surface area contributed by atoms with Gasteiger partial charge in [0.1, 0.15) is 0 Å². The molecule has 2 aromatic carbocycles. The average molecular weight is 466 g/mol. The molecule has 0 saturated heterocycles. The normalized spacial score (nSPS) is 11.9. The van der Waals surface area contributed by atoms with Gasteiger partial charge in [-0.2, -0.15) is 0 Å². The molecule has 0 bridgehead atoms. The number of amides is 2. The molecule has 0 spiro atoms. The predicted octanol–water partition coefficient (Wildman–Crippen LogP) is 4.77. The SMILES string of the molecule is CCn1c(SCC(=O)Nc2ccc(C)c(C)c2)nnc1[C@H](NC(=O)c1ccccc1)C(C)C. The number of nitrogens with one attached hydrogen (secondary N) is 2. The van der Waals surface area contributed by atoms with Crippen LogP contribution in [-0.4, -0.2) is 32.3 Å². The van der Waals surface area contributed by atoms with E-state index in [-0.39, 0.29) is 29.5 Å². The van der Waals surface area contributed by atoms with Gasteiger partial charge in [-0.05, 0) is 62.1 Å². The van der Waals surface area contributed by atoms with Crippen LogP contribution in [0.3, 0.4) is 0 Å². The van der Waals surface area contributed by atoms with E-state index in [9.17, 15) is 9.59 Å². The van der Waals surface area contributed by atoms with Crippen molar-refractivity contribution in [2.45, 2.75) is 52.4 Å². The van der Waals surface area contributed by atoms with E-state index in [1.54, 1.807) is 12.1 Å².